The molecule has 5 nitrogen and oxygen atoms in total. The first kappa shape index (κ1) is 12.0. The Bertz CT molecular complexity index is 719. The number of rotatable bonds is 3. The van der Waals surface area contributed by atoms with E-state index in [1.807, 2.05) is 6.92 Å². The van der Waals surface area contributed by atoms with Gasteiger partial charge in [0.15, 0.2) is 0 Å². The molecular formula is C11H12ClN3O2S. The Morgan fingerprint density at radius 2 is 2.17 bits per heavy atom. The highest BCUT2D eigenvalue weighted by Gasteiger charge is 2.41. The van der Waals surface area contributed by atoms with Gasteiger partial charge in [-0.05, 0) is 31.9 Å². The Hall–Kier alpha value is -1.11. The summed E-state index contributed by atoms with van der Waals surface area (Å²) in [5, 5.41) is 0.325. The van der Waals surface area contributed by atoms with Gasteiger partial charge in [0.1, 0.15) is 11.5 Å². The molecule has 0 aliphatic heterocycles. The van der Waals surface area contributed by atoms with E-state index in [-0.39, 0.29) is 10.4 Å². The zero-order chi connectivity index (χ0) is 13.0. The van der Waals surface area contributed by atoms with Crippen LogP contribution < -0.4 is 4.72 Å². The molecule has 2 aromatic rings. The Kier molecular flexibility index (Phi) is 2.45. The lowest BCUT2D eigenvalue weighted by Gasteiger charge is -2.12. The van der Waals surface area contributed by atoms with Gasteiger partial charge >= 0.3 is 0 Å². The molecule has 1 aliphatic rings. The molecule has 2 aromatic heterocycles. The summed E-state index contributed by atoms with van der Waals surface area (Å²) in [6.07, 6.45) is 4.86. The molecule has 2 heterocycles. The fraction of sp³-hybridized carbons (Fsp3) is 0.364. The van der Waals surface area contributed by atoms with E-state index in [9.17, 15) is 8.42 Å². The second-order valence-electron chi connectivity index (χ2n) is 4.87. The summed E-state index contributed by atoms with van der Waals surface area (Å²) >= 11 is 6.03. The van der Waals surface area contributed by atoms with Gasteiger partial charge in [0.05, 0.1) is 16.6 Å². The molecule has 0 bridgehead atoms. The molecule has 96 valence electrons. The smallest absolute Gasteiger partial charge is 0.241 e. The number of halogens is 1. The maximum atomic E-state index is 12.2. The summed E-state index contributed by atoms with van der Waals surface area (Å²) in [4.78, 5) is 4.11. The highest BCUT2D eigenvalue weighted by Crippen LogP contribution is 2.36. The zero-order valence-electron chi connectivity index (χ0n) is 9.72. The van der Waals surface area contributed by atoms with Gasteiger partial charge in [0.2, 0.25) is 10.0 Å². The van der Waals surface area contributed by atoms with Crippen molar-refractivity contribution < 1.29 is 8.42 Å². The SMILES string of the molecule is CC1(NS(=O)(=O)c2cc(Cl)n3cncc3c2)CC1. The van der Waals surface area contributed by atoms with Crippen LogP contribution in [0.25, 0.3) is 5.52 Å². The Labute approximate surface area is 110 Å². The van der Waals surface area contributed by atoms with Gasteiger partial charge in [-0.1, -0.05) is 11.6 Å². The minimum Gasteiger partial charge on any atom is -0.289 e. The lowest BCUT2D eigenvalue weighted by Crippen LogP contribution is -2.34. The third kappa shape index (κ3) is 2.00. The van der Waals surface area contributed by atoms with Crippen LogP contribution in [0.5, 0.6) is 0 Å². The minimum atomic E-state index is -3.52. The van der Waals surface area contributed by atoms with E-state index in [1.54, 1.807) is 23.0 Å². The molecule has 0 atom stereocenters. The number of pyridine rings is 1. The molecule has 0 saturated heterocycles. The summed E-state index contributed by atoms with van der Waals surface area (Å²) in [5.41, 5.74) is 0.362. The monoisotopic (exact) mass is 285 g/mol. The second-order valence-corrected chi connectivity index (χ2v) is 6.94. The zero-order valence-corrected chi connectivity index (χ0v) is 11.3. The lowest BCUT2D eigenvalue weighted by atomic mass is 10.4. The van der Waals surface area contributed by atoms with Crippen LogP contribution in [0.1, 0.15) is 19.8 Å². The maximum Gasteiger partial charge on any atom is 0.241 e. The van der Waals surface area contributed by atoms with Crippen molar-refractivity contribution in [3.63, 3.8) is 0 Å². The lowest BCUT2D eigenvalue weighted by molar-refractivity contribution is 0.558. The van der Waals surface area contributed by atoms with Crippen molar-refractivity contribution in [3.8, 4) is 0 Å². The van der Waals surface area contributed by atoms with Gasteiger partial charge in [-0.3, -0.25) is 4.40 Å². The predicted octanol–water partition coefficient (Wildman–Crippen LogP) is 1.82. The topological polar surface area (TPSA) is 63.5 Å². The third-order valence-corrected chi connectivity index (χ3v) is 5.05. The number of imidazole rings is 1. The number of sulfonamides is 1. The Morgan fingerprint density at radius 3 is 2.83 bits per heavy atom. The van der Waals surface area contributed by atoms with E-state index in [0.29, 0.717) is 10.7 Å². The van der Waals surface area contributed by atoms with Crippen molar-refractivity contribution in [3.05, 3.63) is 29.8 Å². The number of nitrogens with zero attached hydrogens (tertiary/aromatic N) is 2. The molecule has 0 aromatic carbocycles. The Morgan fingerprint density at radius 1 is 1.44 bits per heavy atom. The minimum absolute atomic E-state index is 0.175. The van der Waals surface area contributed by atoms with Gasteiger partial charge in [0.25, 0.3) is 0 Å². The van der Waals surface area contributed by atoms with Gasteiger partial charge in [-0.15, -0.1) is 0 Å². The van der Waals surface area contributed by atoms with Gasteiger partial charge in [0, 0.05) is 5.54 Å². The average Bonchev–Trinajstić information content (AvgIpc) is 2.80. The van der Waals surface area contributed by atoms with Crippen molar-refractivity contribution >= 4 is 27.1 Å². The van der Waals surface area contributed by atoms with Crippen LogP contribution in [0.4, 0.5) is 0 Å². The first-order valence-electron chi connectivity index (χ1n) is 5.55. The maximum absolute atomic E-state index is 12.2. The second kappa shape index (κ2) is 3.69. The molecule has 1 N–H and O–H groups in total. The average molecular weight is 286 g/mol. The largest absolute Gasteiger partial charge is 0.289 e. The molecule has 1 fully saturated rings. The molecule has 0 radical (unpaired) electrons. The molecular weight excluding hydrogens is 274 g/mol. The van der Waals surface area contributed by atoms with Crippen molar-refractivity contribution in [2.45, 2.75) is 30.2 Å². The number of hydrogen-bond donors (Lipinski definition) is 1. The van der Waals surface area contributed by atoms with Gasteiger partial charge in [-0.25, -0.2) is 18.1 Å². The van der Waals surface area contributed by atoms with E-state index in [0.717, 1.165) is 12.8 Å². The van der Waals surface area contributed by atoms with Crippen LogP contribution >= 0.6 is 11.6 Å². The fourth-order valence-corrected chi connectivity index (χ4v) is 3.63. The highest BCUT2D eigenvalue weighted by molar-refractivity contribution is 7.89. The van der Waals surface area contributed by atoms with Crippen LogP contribution in [0.3, 0.4) is 0 Å². The van der Waals surface area contributed by atoms with Crippen molar-refractivity contribution in [2.75, 3.05) is 0 Å². The molecule has 7 heteroatoms. The van der Waals surface area contributed by atoms with Gasteiger partial charge in [-0.2, -0.15) is 0 Å². The van der Waals surface area contributed by atoms with Crippen LogP contribution in [-0.2, 0) is 10.0 Å². The van der Waals surface area contributed by atoms with E-state index >= 15 is 0 Å². The summed E-state index contributed by atoms with van der Waals surface area (Å²) < 4.78 is 28.7. The molecule has 1 aliphatic carbocycles. The summed E-state index contributed by atoms with van der Waals surface area (Å²) in [5.74, 6) is 0. The van der Waals surface area contributed by atoms with E-state index in [1.165, 1.54) is 6.07 Å². The summed E-state index contributed by atoms with van der Waals surface area (Å²) in [6, 6.07) is 3.00. The molecule has 0 spiro atoms. The van der Waals surface area contributed by atoms with Crippen LogP contribution in [-0.4, -0.2) is 23.3 Å². The van der Waals surface area contributed by atoms with E-state index in [4.69, 9.17) is 11.6 Å². The normalized spacial score (nSPS) is 18.1. The number of nitrogens with one attached hydrogen (secondary N) is 1. The number of hydrogen-bond acceptors (Lipinski definition) is 3. The summed E-state index contributed by atoms with van der Waals surface area (Å²) in [7, 11) is -3.52. The van der Waals surface area contributed by atoms with E-state index < -0.39 is 10.0 Å². The Balaban J connectivity index is 2.08. The van der Waals surface area contributed by atoms with Crippen LogP contribution in [0.15, 0.2) is 29.6 Å². The molecule has 18 heavy (non-hydrogen) atoms. The van der Waals surface area contributed by atoms with E-state index in [2.05, 4.69) is 9.71 Å². The molecule has 3 rings (SSSR count). The first-order valence-corrected chi connectivity index (χ1v) is 7.41. The van der Waals surface area contributed by atoms with Crippen molar-refractivity contribution in [1.82, 2.24) is 14.1 Å². The number of fused-ring (bicyclic) bond motifs is 1. The number of aromatic nitrogens is 2. The van der Waals surface area contributed by atoms with Gasteiger partial charge < -0.3 is 0 Å². The molecule has 1 saturated carbocycles. The highest BCUT2D eigenvalue weighted by atomic mass is 35.5. The molecule has 0 amide bonds. The van der Waals surface area contributed by atoms with Crippen molar-refractivity contribution in [1.29, 1.82) is 0 Å². The quantitative estimate of drug-likeness (QED) is 0.875. The fourth-order valence-electron chi connectivity index (χ4n) is 1.79. The first-order chi connectivity index (χ1) is 8.40. The predicted molar refractivity (Wildman–Crippen MR) is 68.2 cm³/mol. The van der Waals surface area contributed by atoms with Crippen LogP contribution in [0.2, 0.25) is 5.15 Å². The van der Waals surface area contributed by atoms with Crippen molar-refractivity contribution in [2.24, 2.45) is 0 Å². The summed E-state index contributed by atoms with van der Waals surface area (Å²) in [6.45, 7) is 1.89. The van der Waals surface area contributed by atoms with Crippen LogP contribution in [0, 0.1) is 0 Å². The third-order valence-electron chi connectivity index (χ3n) is 3.14. The standard InChI is InChI=1S/C11H12ClN3O2S/c1-11(2-3-11)14-18(16,17)9-4-8-6-13-7-15(8)10(12)5-9/h4-7,14H,2-3H2,1H3. The molecule has 0 unspecified atom stereocenters.